The van der Waals surface area contributed by atoms with E-state index in [1.165, 1.54) is 19.2 Å². The quantitative estimate of drug-likeness (QED) is 0.898. The Bertz CT molecular complexity index is 436. The first kappa shape index (κ1) is 15.1. The number of halogens is 3. The number of methoxy groups -OCH3 is 1. The first-order chi connectivity index (χ1) is 8.81. The summed E-state index contributed by atoms with van der Waals surface area (Å²) >= 11 is 0. The number of nitrogens with two attached hydrogens (primary N) is 1. The molecular formula is C11H12F3NO4. The van der Waals surface area contributed by atoms with Gasteiger partial charge in [0, 0.05) is 7.11 Å². The molecule has 0 aromatic heterocycles. The molecule has 0 saturated carbocycles. The lowest BCUT2D eigenvalue weighted by molar-refractivity contribution is -0.274. The maximum absolute atomic E-state index is 12.1. The summed E-state index contributed by atoms with van der Waals surface area (Å²) in [6.07, 6.45) is -6.75. The molecule has 0 saturated heterocycles. The number of rotatable bonds is 5. The molecule has 19 heavy (non-hydrogen) atoms. The predicted octanol–water partition coefficient (Wildman–Crippen LogP) is 2.37. The van der Waals surface area contributed by atoms with Crippen LogP contribution in [0.5, 0.6) is 5.75 Å². The predicted molar refractivity (Wildman–Crippen MR) is 58.4 cm³/mol. The third-order valence-corrected chi connectivity index (χ3v) is 2.04. The van der Waals surface area contributed by atoms with Gasteiger partial charge in [-0.2, -0.15) is 0 Å². The Kier molecular flexibility index (Phi) is 4.99. The van der Waals surface area contributed by atoms with E-state index in [9.17, 15) is 18.0 Å². The van der Waals surface area contributed by atoms with Gasteiger partial charge in [0.1, 0.15) is 5.75 Å². The van der Waals surface area contributed by atoms with Crippen LogP contribution in [0.1, 0.15) is 11.7 Å². The van der Waals surface area contributed by atoms with Gasteiger partial charge in [-0.05, 0) is 17.7 Å². The Hall–Kier alpha value is -1.96. The molecule has 0 aliphatic heterocycles. The van der Waals surface area contributed by atoms with Crippen LogP contribution in [-0.2, 0) is 9.47 Å². The lowest BCUT2D eigenvalue weighted by atomic mass is 10.1. The number of primary amides is 1. The molecule has 0 fully saturated rings. The largest absolute Gasteiger partial charge is 0.573 e. The molecular weight excluding hydrogens is 267 g/mol. The lowest BCUT2D eigenvalue weighted by Crippen LogP contribution is -2.21. The van der Waals surface area contributed by atoms with Crippen LogP contribution in [0.15, 0.2) is 24.3 Å². The van der Waals surface area contributed by atoms with Crippen LogP contribution in [0, 0.1) is 0 Å². The minimum atomic E-state index is -4.79. The normalized spacial score (nSPS) is 12.8. The highest BCUT2D eigenvalue weighted by Gasteiger charge is 2.31. The SMILES string of the molecule is COC[C@H](OC(N)=O)c1cccc(OC(F)(F)F)c1. The highest BCUT2D eigenvalue weighted by atomic mass is 19.4. The van der Waals surface area contributed by atoms with Gasteiger partial charge < -0.3 is 19.9 Å². The van der Waals surface area contributed by atoms with E-state index in [-0.39, 0.29) is 12.2 Å². The van der Waals surface area contributed by atoms with Gasteiger partial charge in [0.2, 0.25) is 0 Å². The van der Waals surface area contributed by atoms with E-state index in [1.807, 2.05) is 0 Å². The highest BCUT2D eigenvalue weighted by molar-refractivity contribution is 5.65. The Labute approximate surface area is 107 Å². The average Bonchev–Trinajstić information content (AvgIpc) is 2.26. The fourth-order valence-electron chi connectivity index (χ4n) is 1.40. The number of amides is 1. The monoisotopic (exact) mass is 279 g/mol. The lowest BCUT2D eigenvalue weighted by Gasteiger charge is -2.17. The van der Waals surface area contributed by atoms with Crippen LogP contribution >= 0.6 is 0 Å². The van der Waals surface area contributed by atoms with E-state index in [2.05, 4.69) is 4.74 Å². The van der Waals surface area contributed by atoms with Crippen LogP contribution in [0.2, 0.25) is 0 Å². The fraction of sp³-hybridized carbons (Fsp3) is 0.364. The second kappa shape index (κ2) is 6.28. The first-order valence-electron chi connectivity index (χ1n) is 5.12. The molecule has 0 radical (unpaired) electrons. The van der Waals surface area contributed by atoms with Crippen molar-refractivity contribution in [3.05, 3.63) is 29.8 Å². The summed E-state index contributed by atoms with van der Waals surface area (Å²) in [6.45, 7) is -0.0432. The van der Waals surface area contributed by atoms with Gasteiger partial charge in [0.25, 0.3) is 0 Å². The molecule has 1 aromatic carbocycles. The van der Waals surface area contributed by atoms with E-state index in [4.69, 9.17) is 15.2 Å². The van der Waals surface area contributed by atoms with Gasteiger partial charge >= 0.3 is 12.5 Å². The zero-order valence-electron chi connectivity index (χ0n) is 9.94. The van der Waals surface area contributed by atoms with Crippen LogP contribution in [0.3, 0.4) is 0 Å². The number of alkyl halides is 3. The average molecular weight is 279 g/mol. The Morgan fingerprint density at radius 2 is 2.11 bits per heavy atom. The Morgan fingerprint density at radius 1 is 1.42 bits per heavy atom. The molecule has 1 amide bonds. The summed E-state index contributed by atoms with van der Waals surface area (Å²) in [6, 6.07) is 5.03. The van der Waals surface area contributed by atoms with Crippen LogP contribution in [0.4, 0.5) is 18.0 Å². The summed E-state index contributed by atoms with van der Waals surface area (Å²) < 4.78 is 49.5. The standard InChI is InChI=1S/C11H12F3NO4/c1-17-6-9(18-10(15)16)7-3-2-4-8(5-7)19-11(12,13)14/h2-5,9H,6H2,1H3,(H2,15,16)/t9-/m0/s1. The number of hydrogen-bond acceptors (Lipinski definition) is 4. The van der Waals surface area contributed by atoms with Crippen molar-refractivity contribution in [1.82, 2.24) is 0 Å². The molecule has 0 heterocycles. The molecule has 8 heteroatoms. The first-order valence-corrected chi connectivity index (χ1v) is 5.12. The third kappa shape index (κ3) is 5.47. The minimum Gasteiger partial charge on any atom is -0.439 e. The second-order valence-corrected chi connectivity index (χ2v) is 3.50. The van der Waals surface area contributed by atoms with E-state index < -0.39 is 24.3 Å². The number of carbonyl (C=O) groups is 1. The molecule has 106 valence electrons. The van der Waals surface area contributed by atoms with Crippen molar-refractivity contribution in [1.29, 1.82) is 0 Å². The van der Waals surface area contributed by atoms with Crippen LogP contribution < -0.4 is 10.5 Å². The fourth-order valence-corrected chi connectivity index (χ4v) is 1.40. The Morgan fingerprint density at radius 3 is 2.63 bits per heavy atom. The Balaban J connectivity index is 2.91. The molecule has 0 bridgehead atoms. The van der Waals surface area contributed by atoms with Gasteiger partial charge in [-0.15, -0.1) is 13.2 Å². The maximum atomic E-state index is 12.1. The topological polar surface area (TPSA) is 70.8 Å². The van der Waals surface area contributed by atoms with Gasteiger partial charge in [-0.25, -0.2) is 4.79 Å². The van der Waals surface area contributed by atoms with E-state index in [0.717, 1.165) is 12.1 Å². The zero-order chi connectivity index (χ0) is 14.5. The minimum absolute atomic E-state index is 0.0432. The summed E-state index contributed by atoms with van der Waals surface area (Å²) in [5.41, 5.74) is 5.15. The summed E-state index contributed by atoms with van der Waals surface area (Å²) in [7, 11) is 1.35. The maximum Gasteiger partial charge on any atom is 0.573 e. The van der Waals surface area contributed by atoms with Crippen molar-refractivity contribution in [2.75, 3.05) is 13.7 Å². The number of carbonyl (C=O) groups excluding carboxylic acids is 1. The van der Waals surface area contributed by atoms with Crippen molar-refractivity contribution in [3.8, 4) is 5.75 Å². The van der Waals surface area contributed by atoms with Crippen molar-refractivity contribution in [2.45, 2.75) is 12.5 Å². The van der Waals surface area contributed by atoms with Gasteiger partial charge in [-0.1, -0.05) is 12.1 Å². The van der Waals surface area contributed by atoms with Gasteiger partial charge in [0.15, 0.2) is 6.10 Å². The molecule has 0 unspecified atom stereocenters. The van der Waals surface area contributed by atoms with Crippen molar-refractivity contribution < 1.29 is 32.2 Å². The number of hydrogen-bond donors (Lipinski definition) is 1. The molecule has 1 rings (SSSR count). The number of benzene rings is 1. The van der Waals surface area contributed by atoms with Crippen molar-refractivity contribution >= 4 is 6.09 Å². The molecule has 1 aromatic rings. The summed E-state index contributed by atoms with van der Waals surface area (Å²) in [5.74, 6) is -0.417. The zero-order valence-corrected chi connectivity index (χ0v) is 9.94. The summed E-state index contributed by atoms with van der Waals surface area (Å²) in [4.78, 5) is 10.7. The van der Waals surface area contributed by atoms with E-state index in [1.54, 1.807) is 0 Å². The molecule has 0 spiro atoms. The molecule has 0 aliphatic carbocycles. The van der Waals surface area contributed by atoms with E-state index in [0.29, 0.717) is 0 Å². The van der Waals surface area contributed by atoms with Crippen LogP contribution in [-0.4, -0.2) is 26.2 Å². The summed E-state index contributed by atoms with van der Waals surface area (Å²) in [5, 5.41) is 0. The van der Waals surface area contributed by atoms with Gasteiger partial charge in [0.05, 0.1) is 6.61 Å². The molecule has 1 atom stereocenters. The molecule has 0 aliphatic rings. The molecule has 5 nitrogen and oxygen atoms in total. The smallest absolute Gasteiger partial charge is 0.439 e. The number of ether oxygens (including phenoxy) is 3. The van der Waals surface area contributed by atoms with E-state index >= 15 is 0 Å². The van der Waals surface area contributed by atoms with Crippen molar-refractivity contribution in [3.63, 3.8) is 0 Å². The molecule has 2 N–H and O–H groups in total. The van der Waals surface area contributed by atoms with Crippen LogP contribution in [0.25, 0.3) is 0 Å². The second-order valence-electron chi connectivity index (χ2n) is 3.50. The van der Waals surface area contributed by atoms with Gasteiger partial charge in [-0.3, -0.25) is 0 Å². The third-order valence-electron chi connectivity index (χ3n) is 2.04. The van der Waals surface area contributed by atoms with Crippen molar-refractivity contribution in [2.24, 2.45) is 5.73 Å². The highest BCUT2D eigenvalue weighted by Crippen LogP contribution is 2.26.